The topological polar surface area (TPSA) is 51.0 Å². The normalized spacial score (nSPS) is 15.0. The van der Waals surface area contributed by atoms with Crippen molar-refractivity contribution in [1.29, 1.82) is 0 Å². The van der Waals surface area contributed by atoms with Crippen molar-refractivity contribution in [2.45, 2.75) is 38.4 Å². The van der Waals surface area contributed by atoms with E-state index in [9.17, 15) is 22.4 Å². The van der Waals surface area contributed by atoms with Gasteiger partial charge >= 0.3 is 6.18 Å². The Hall–Kier alpha value is -3.75. The van der Waals surface area contributed by atoms with Gasteiger partial charge in [-0.05, 0) is 49.4 Å². The monoisotopic (exact) mass is 496 g/mol. The third-order valence-corrected chi connectivity index (χ3v) is 6.91. The van der Waals surface area contributed by atoms with Gasteiger partial charge in [0, 0.05) is 42.3 Å². The van der Waals surface area contributed by atoms with E-state index in [-0.39, 0.29) is 23.7 Å². The van der Waals surface area contributed by atoms with Gasteiger partial charge in [-0.3, -0.25) is 14.3 Å². The van der Waals surface area contributed by atoms with Crippen LogP contribution in [0.25, 0.3) is 11.2 Å². The third-order valence-electron chi connectivity index (χ3n) is 6.91. The van der Waals surface area contributed by atoms with Gasteiger partial charge in [0.25, 0.3) is 5.56 Å². The summed E-state index contributed by atoms with van der Waals surface area (Å²) >= 11 is 0. The summed E-state index contributed by atoms with van der Waals surface area (Å²) in [5.41, 5.74) is 1.81. The Labute approximate surface area is 205 Å². The van der Waals surface area contributed by atoms with E-state index in [0.717, 1.165) is 6.07 Å². The Bertz CT molecular complexity index is 1470. The number of para-hydroxylation sites is 1. The van der Waals surface area contributed by atoms with Crippen LogP contribution in [0, 0.1) is 12.7 Å². The lowest BCUT2D eigenvalue weighted by Crippen LogP contribution is -2.37. The molecule has 0 saturated carbocycles. The van der Waals surface area contributed by atoms with Gasteiger partial charge in [0.15, 0.2) is 5.65 Å². The van der Waals surface area contributed by atoms with Gasteiger partial charge < -0.3 is 4.90 Å². The highest BCUT2D eigenvalue weighted by atomic mass is 19.4. The molecule has 1 aliphatic rings. The number of nitrogens with zero attached hydrogens (tertiary/aromatic N) is 4. The number of anilines is 1. The quantitative estimate of drug-likeness (QED) is 0.341. The number of rotatable bonds is 4. The standard InChI is InChI=1S/C27H24F4N4O/c1-17-23(18-10-14-34(15-11-18)22-9-5-3-7-20(22)27(29,30)31)26(36)35(25-24(17)32-12-13-33-25)16-19-6-2-4-8-21(19)28/h2-9,12-13,18H,10-11,14-16H2,1H3. The molecule has 1 aliphatic heterocycles. The third kappa shape index (κ3) is 4.34. The van der Waals surface area contributed by atoms with Crippen LogP contribution in [-0.2, 0) is 12.7 Å². The van der Waals surface area contributed by atoms with Crippen LogP contribution in [0.2, 0.25) is 0 Å². The molecule has 0 N–H and O–H groups in total. The van der Waals surface area contributed by atoms with E-state index in [1.165, 1.54) is 29.0 Å². The van der Waals surface area contributed by atoms with E-state index in [0.29, 0.717) is 53.8 Å². The minimum atomic E-state index is -4.44. The Morgan fingerprint density at radius 2 is 1.64 bits per heavy atom. The second kappa shape index (κ2) is 9.37. The van der Waals surface area contributed by atoms with Gasteiger partial charge in [-0.15, -0.1) is 0 Å². The van der Waals surface area contributed by atoms with Crippen LogP contribution in [0.4, 0.5) is 23.2 Å². The van der Waals surface area contributed by atoms with Crippen molar-refractivity contribution < 1.29 is 17.6 Å². The minimum absolute atomic E-state index is 0.00574. The summed E-state index contributed by atoms with van der Waals surface area (Å²) in [5.74, 6) is -0.578. The van der Waals surface area contributed by atoms with Crippen molar-refractivity contribution in [2.75, 3.05) is 18.0 Å². The fraction of sp³-hybridized carbons (Fsp3) is 0.296. The molecule has 3 heterocycles. The summed E-state index contributed by atoms with van der Waals surface area (Å²) in [6.07, 6.45) is -0.383. The van der Waals surface area contributed by atoms with E-state index in [1.807, 2.05) is 6.92 Å². The fourth-order valence-electron chi connectivity index (χ4n) is 5.14. The van der Waals surface area contributed by atoms with Crippen LogP contribution in [0.1, 0.15) is 41.0 Å². The number of alkyl halides is 3. The summed E-state index contributed by atoms with van der Waals surface area (Å²) in [5, 5.41) is 0. The second-order valence-electron chi connectivity index (χ2n) is 9.03. The van der Waals surface area contributed by atoms with Crippen molar-refractivity contribution in [3.8, 4) is 0 Å². The maximum absolute atomic E-state index is 14.4. The van der Waals surface area contributed by atoms with E-state index < -0.39 is 17.6 Å². The number of aromatic nitrogens is 3. The number of halogens is 4. The number of hydrogen-bond acceptors (Lipinski definition) is 4. The van der Waals surface area contributed by atoms with Gasteiger partial charge in [-0.25, -0.2) is 9.37 Å². The smallest absolute Gasteiger partial charge is 0.371 e. The van der Waals surface area contributed by atoms with Crippen molar-refractivity contribution in [3.63, 3.8) is 0 Å². The molecule has 0 bridgehead atoms. The van der Waals surface area contributed by atoms with E-state index in [2.05, 4.69) is 9.97 Å². The van der Waals surface area contributed by atoms with Crippen LogP contribution in [0.3, 0.4) is 0 Å². The molecule has 0 aliphatic carbocycles. The first kappa shape index (κ1) is 24.0. The molecule has 186 valence electrons. The molecule has 9 heteroatoms. The summed E-state index contributed by atoms with van der Waals surface area (Å²) < 4.78 is 56.5. The van der Waals surface area contributed by atoms with Gasteiger partial charge in [0.2, 0.25) is 0 Å². The van der Waals surface area contributed by atoms with Crippen LogP contribution in [-0.4, -0.2) is 27.6 Å². The minimum Gasteiger partial charge on any atom is -0.371 e. The largest absolute Gasteiger partial charge is 0.418 e. The van der Waals surface area contributed by atoms with Crippen LogP contribution in [0.5, 0.6) is 0 Å². The molecule has 0 atom stereocenters. The molecule has 1 fully saturated rings. The first-order valence-corrected chi connectivity index (χ1v) is 11.7. The Morgan fingerprint density at radius 1 is 0.972 bits per heavy atom. The lowest BCUT2D eigenvalue weighted by Gasteiger charge is -2.35. The van der Waals surface area contributed by atoms with E-state index in [1.54, 1.807) is 35.4 Å². The molecule has 0 amide bonds. The van der Waals surface area contributed by atoms with Gasteiger partial charge in [-0.2, -0.15) is 13.2 Å². The van der Waals surface area contributed by atoms with Crippen LogP contribution in [0.15, 0.2) is 65.7 Å². The molecule has 36 heavy (non-hydrogen) atoms. The SMILES string of the molecule is Cc1c(C2CCN(c3ccccc3C(F)(F)F)CC2)c(=O)n(Cc2ccccc2F)c2nccnc12. The molecule has 5 rings (SSSR count). The van der Waals surface area contributed by atoms with E-state index in [4.69, 9.17) is 0 Å². The number of benzene rings is 2. The summed E-state index contributed by atoms with van der Waals surface area (Å²) in [4.78, 5) is 24.3. The van der Waals surface area contributed by atoms with Crippen LogP contribution < -0.4 is 10.5 Å². The average molecular weight is 497 g/mol. The molecule has 4 aromatic rings. The van der Waals surface area contributed by atoms with Gasteiger partial charge in [0.1, 0.15) is 11.3 Å². The average Bonchev–Trinajstić information content (AvgIpc) is 2.87. The van der Waals surface area contributed by atoms with Gasteiger partial charge in [0.05, 0.1) is 12.1 Å². The summed E-state index contributed by atoms with van der Waals surface area (Å²) in [7, 11) is 0. The molecule has 2 aromatic carbocycles. The van der Waals surface area contributed by atoms with Crippen molar-refractivity contribution in [3.05, 3.63) is 99.3 Å². The Kier molecular flexibility index (Phi) is 6.24. The molecule has 0 unspecified atom stereocenters. The molecule has 5 nitrogen and oxygen atoms in total. The van der Waals surface area contributed by atoms with Crippen molar-refractivity contribution in [2.24, 2.45) is 0 Å². The number of fused-ring (bicyclic) bond motifs is 1. The highest BCUT2D eigenvalue weighted by Gasteiger charge is 2.36. The lowest BCUT2D eigenvalue weighted by atomic mass is 9.86. The molecular formula is C27H24F4N4O. The van der Waals surface area contributed by atoms with E-state index >= 15 is 0 Å². The summed E-state index contributed by atoms with van der Waals surface area (Å²) in [6, 6.07) is 11.8. The number of piperidine rings is 1. The van der Waals surface area contributed by atoms with Crippen molar-refractivity contribution >= 4 is 16.9 Å². The molecule has 0 radical (unpaired) electrons. The zero-order valence-corrected chi connectivity index (χ0v) is 19.6. The molecular weight excluding hydrogens is 472 g/mol. The second-order valence-corrected chi connectivity index (χ2v) is 9.03. The van der Waals surface area contributed by atoms with Crippen LogP contribution >= 0.6 is 0 Å². The highest BCUT2D eigenvalue weighted by Crippen LogP contribution is 2.39. The maximum Gasteiger partial charge on any atom is 0.418 e. The maximum atomic E-state index is 14.4. The highest BCUT2D eigenvalue weighted by molar-refractivity contribution is 5.75. The summed E-state index contributed by atoms with van der Waals surface area (Å²) in [6.45, 7) is 2.59. The molecule has 2 aromatic heterocycles. The first-order chi connectivity index (χ1) is 17.3. The Morgan fingerprint density at radius 3 is 2.36 bits per heavy atom. The zero-order valence-electron chi connectivity index (χ0n) is 19.6. The number of hydrogen-bond donors (Lipinski definition) is 0. The predicted molar refractivity (Wildman–Crippen MR) is 130 cm³/mol. The zero-order chi connectivity index (χ0) is 25.4. The van der Waals surface area contributed by atoms with Crippen molar-refractivity contribution in [1.82, 2.24) is 14.5 Å². The number of aryl methyl sites for hydroxylation is 1. The molecule has 0 spiro atoms. The number of pyridine rings is 1. The van der Waals surface area contributed by atoms with Gasteiger partial charge in [-0.1, -0.05) is 30.3 Å². The first-order valence-electron chi connectivity index (χ1n) is 11.7. The Balaban J connectivity index is 1.51. The lowest BCUT2D eigenvalue weighted by molar-refractivity contribution is -0.137. The predicted octanol–water partition coefficient (Wildman–Crippen LogP) is 5.69. The fourth-order valence-corrected chi connectivity index (χ4v) is 5.14. The molecule has 1 saturated heterocycles.